The summed E-state index contributed by atoms with van der Waals surface area (Å²) in [6.07, 6.45) is 20.1. The summed E-state index contributed by atoms with van der Waals surface area (Å²) in [6, 6.07) is 0. The van der Waals surface area contributed by atoms with Crippen LogP contribution in [0.2, 0.25) is 0 Å². The van der Waals surface area contributed by atoms with E-state index in [1.807, 2.05) is 0 Å². The van der Waals surface area contributed by atoms with E-state index in [1.54, 1.807) is 0 Å². The number of allylic oxidation sites excluding steroid dienone is 4. The molecule has 0 spiro atoms. The predicted octanol–water partition coefficient (Wildman–Crippen LogP) is 4.17. The minimum atomic E-state index is -4.00. The monoisotopic (exact) mass is 299 g/mol. The summed E-state index contributed by atoms with van der Waals surface area (Å²) in [5.41, 5.74) is 0. The Labute approximate surface area is 123 Å². The molecular formula is C16H27O3S-. The van der Waals surface area contributed by atoms with E-state index in [2.05, 4.69) is 24.3 Å². The summed E-state index contributed by atoms with van der Waals surface area (Å²) in [6.45, 7) is 0. The highest BCUT2D eigenvalue weighted by molar-refractivity contribution is 7.85. The zero-order chi connectivity index (χ0) is 14.7. The van der Waals surface area contributed by atoms with Gasteiger partial charge in [-0.15, -0.1) is 0 Å². The molecule has 0 unspecified atom stereocenters. The topological polar surface area (TPSA) is 57.2 Å². The van der Waals surface area contributed by atoms with E-state index in [1.165, 1.54) is 38.5 Å². The molecule has 20 heavy (non-hydrogen) atoms. The lowest BCUT2D eigenvalue weighted by Gasteiger charge is -2.06. The van der Waals surface area contributed by atoms with Crippen molar-refractivity contribution in [2.75, 3.05) is 5.75 Å². The summed E-state index contributed by atoms with van der Waals surface area (Å²) in [5, 5.41) is 0. The van der Waals surface area contributed by atoms with Crippen LogP contribution in [0.15, 0.2) is 24.3 Å². The van der Waals surface area contributed by atoms with Gasteiger partial charge in [-0.25, -0.2) is 8.42 Å². The fraction of sp³-hybridized carbons (Fsp3) is 0.750. The summed E-state index contributed by atoms with van der Waals surface area (Å²) in [5.74, 6) is 0.476. The molecule has 0 amide bonds. The van der Waals surface area contributed by atoms with Crippen LogP contribution in [0.4, 0.5) is 0 Å². The molecule has 0 fully saturated rings. The fourth-order valence-electron chi connectivity index (χ4n) is 2.57. The minimum Gasteiger partial charge on any atom is -0.748 e. The first-order chi connectivity index (χ1) is 9.58. The average Bonchev–Trinajstić information content (AvgIpc) is 2.87. The Kier molecular flexibility index (Phi) is 8.86. The van der Waals surface area contributed by atoms with Crippen molar-refractivity contribution < 1.29 is 13.0 Å². The third-order valence-electron chi connectivity index (χ3n) is 3.76. The minimum absolute atomic E-state index is 0.197. The normalized spacial score (nSPS) is 15.2. The highest BCUT2D eigenvalue weighted by Crippen LogP contribution is 2.18. The van der Waals surface area contributed by atoms with Gasteiger partial charge in [0.25, 0.3) is 0 Å². The van der Waals surface area contributed by atoms with Gasteiger partial charge in [0, 0.05) is 5.75 Å². The second kappa shape index (κ2) is 10.2. The van der Waals surface area contributed by atoms with Gasteiger partial charge in [0.05, 0.1) is 10.1 Å². The van der Waals surface area contributed by atoms with E-state index in [0.717, 1.165) is 19.3 Å². The molecule has 0 aromatic heterocycles. The molecule has 0 saturated carbocycles. The van der Waals surface area contributed by atoms with Crippen LogP contribution in [0.25, 0.3) is 0 Å². The van der Waals surface area contributed by atoms with E-state index >= 15 is 0 Å². The highest BCUT2D eigenvalue weighted by Gasteiger charge is 2.02. The van der Waals surface area contributed by atoms with Crippen LogP contribution in [-0.2, 0) is 10.1 Å². The molecule has 0 aromatic carbocycles. The van der Waals surface area contributed by atoms with Gasteiger partial charge in [0.2, 0.25) is 0 Å². The van der Waals surface area contributed by atoms with Gasteiger partial charge in [-0.2, -0.15) is 0 Å². The molecule has 0 N–H and O–H groups in total. The van der Waals surface area contributed by atoms with Crippen molar-refractivity contribution >= 4 is 10.1 Å². The smallest absolute Gasteiger partial charge is 0.0945 e. The molecule has 0 heterocycles. The zero-order valence-corrected chi connectivity index (χ0v) is 13.1. The largest absolute Gasteiger partial charge is 0.748 e. The Morgan fingerprint density at radius 3 is 1.70 bits per heavy atom. The van der Waals surface area contributed by atoms with Crippen molar-refractivity contribution in [3.63, 3.8) is 0 Å². The molecule has 0 aliphatic heterocycles. The van der Waals surface area contributed by atoms with E-state index in [0.29, 0.717) is 12.3 Å². The lowest BCUT2D eigenvalue weighted by molar-refractivity contribution is 0.459. The van der Waals surface area contributed by atoms with E-state index in [9.17, 15) is 13.0 Å². The van der Waals surface area contributed by atoms with Gasteiger partial charge >= 0.3 is 0 Å². The molecule has 0 bridgehead atoms. The number of hydrogen-bond acceptors (Lipinski definition) is 3. The Morgan fingerprint density at radius 2 is 1.20 bits per heavy atom. The van der Waals surface area contributed by atoms with Crippen molar-refractivity contribution in [2.24, 2.45) is 5.92 Å². The highest BCUT2D eigenvalue weighted by atomic mass is 32.2. The number of hydrogen-bond donors (Lipinski definition) is 0. The number of unbranched alkanes of at least 4 members (excludes halogenated alkanes) is 8. The Balaban J connectivity index is 1.76. The van der Waals surface area contributed by atoms with E-state index < -0.39 is 10.1 Å². The zero-order valence-electron chi connectivity index (χ0n) is 12.3. The second-order valence-corrected chi connectivity index (χ2v) is 7.19. The molecule has 1 aliphatic rings. The Hall–Kier alpha value is -0.610. The lowest BCUT2D eigenvalue weighted by Crippen LogP contribution is -2.03. The molecule has 0 radical (unpaired) electrons. The van der Waals surface area contributed by atoms with E-state index in [4.69, 9.17) is 0 Å². The SMILES string of the molecule is O=S(=O)([O-])CCCCCCCCCCCC1C=CC=C1. The molecule has 0 atom stereocenters. The molecule has 0 aromatic rings. The molecule has 0 saturated heterocycles. The third kappa shape index (κ3) is 10.2. The maximum atomic E-state index is 10.4. The Morgan fingerprint density at radius 1 is 0.750 bits per heavy atom. The first kappa shape index (κ1) is 17.4. The maximum absolute atomic E-state index is 10.4. The summed E-state index contributed by atoms with van der Waals surface area (Å²) >= 11 is 0. The van der Waals surface area contributed by atoms with Gasteiger partial charge in [0.15, 0.2) is 0 Å². The Bertz CT molecular complexity index is 384. The van der Waals surface area contributed by atoms with Crippen LogP contribution in [0.1, 0.15) is 64.2 Å². The summed E-state index contributed by atoms with van der Waals surface area (Å²) in [4.78, 5) is 0. The molecule has 4 heteroatoms. The van der Waals surface area contributed by atoms with Gasteiger partial charge < -0.3 is 4.55 Å². The van der Waals surface area contributed by atoms with Crippen LogP contribution in [0.3, 0.4) is 0 Å². The van der Waals surface area contributed by atoms with Gasteiger partial charge in [0.1, 0.15) is 0 Å². The quantitative estimate of drug-likeness (QED) is 0.401. The van der Waals surface area contributed by atoms with E-state index in [-0.39, 0.29) is 5.75 Å². The molecular weight excluding hydrogens is 272 g/mol. The van der Waals surface area contributed by atoms with Gasteiger partial charge in [-0.1, -0.05) is 75.7 Å². The first-order valence-corrected chi connectivity index (χ1v) is 9.44. The summed E-state index contributed by atoms with van der Waals surface area (Å²) < 4.78 is 31.2. The maximum Gasteiger partial charge on any atom is 0.0945 e. The van der Waals surface area contributed by atoms with Crippen molar-refractivity contribution in [3.05, 3.63) is 24.3 Å². The molecule has 116 valence electrons. The third-order valence-corrected chi connectivity index (χ3v) is 4.55. The first-order valence-electron chi connectivity index (χ1n) is 7.86. The molecule has 1 aliphatic carbocycles. The molecule has 3 nitrogen and oxygen atoms in total. The van der Waals surface area contributed by atoms with Crippen LogP contribution in [-0.4, -0.2) is 18.7 Å². The average molecular weight is 299 g/mol. The van der Waals surface area contributed by atoms with Gasteiger partial charge in [-0.05, 0) is 18.8 Å². The predicted molar refractivity (Wildman–Crippen MR) is 82.5 cm³/mol. The second-order valence-electron chi connectivity index (χ2n) is 5.67. The van der Waals surface area contributed by atoms with Crippen molar-refractivity contribution in [1.29, 1.82) is 0 Å². The van der Waals surface area contributed by atoms with Crippen LogP contribution in [0.5, 0.6) is 0 Å². The van der Waals surface area contributed by atoms with Crippen molar-refractivity contribution in [1.82, 2.24) is 0 Å². The van der Waals surface area contributed by atoms with Crippen LogP contribution in [0, 0.1) is 5.92 Å². The fourth-order valence-corrected chi connectivity index (χ4v) is 3.12. The molecule has 1 rings (SSSR count). The summed E-state index contributed by atoms with van der Waals surface area (Å²) in [7, 11) is -4.00. The standard InChI is InChI=1S/C16H28O3S/c17-20(18,19)15-11-7-5-3-1-2-4-6-8-12-16-13-9-10-14-16/h9-10,13-14,16H,1-8,11-12,15H2,(H,17,18,19)/p-1. The van der Waals surface area contributed by atoms with Crippen molar-refractivity contribution in [2.45, 2.75) is 64.2 Å². The van der Waals surface area contributed by atoms with Crippen LogP contribution < -0.4 is 0 Å². The van der Waals surface area contributed by atoms with Gasteiger partial charge in [-0.3, -0.25) is 0 Å². The number of rotatable bonds is 12. The van der Waals surface area contributed by atoms with Crippen LogP contribution >= 0.6 is 0 Å². The lowest BCUT2D eigenvalue weighted by atomic mass is 10.0. The van der Waals surface area contributed by atoms with Crippen molar-refractivity contribution in [3.8, 4) is 0 Å².